The normalized spacial score (nSPS) is 17.8. The standard InChI is InChI=1S/C16H22N2O3/c1-11(2)18-14(19)10-12-6-4-5-7-13(12)15(18)16(20)17-8-9-21-3/h4-7,11,15H,8-10H2,1-3H3,(H,17,20). The Hall–Kier alpha value is -1.88. The van der Waals surface area contributed by atoms with E-state index in [0.717, 1.165) is 11.1 Å². The molecule has 0 saturated carbocycles. The maximum atomic E-state index is 12.5. The second-order valence-corrected chi connectivity index (χ2v) is 5.46. The Labute approximate surface area is 125 Å². The minimum atomic E-state index is -0.556. The van der Waals surface area contributed by atoms with Crippen LogP contribution in [0.5, 0.6) is 0 Å². The average molecular weight is 290 g/mol. The predicted octanol–water partition coefficient (Wildman–Crippen LogP) is 1.28. The van der Waals surface area contributed by atoms with E-state index in [2.05, 4.69) is 5.32 Å². The lowest BCUT2D eigenvalue weighted by molar-refractivity contribution is -0.143. The fourth-order valence-corrected chi connectivity index (χ4v) is 2.74. The van der Waals surface area contributed by atoms with Crippen LogP contribution >= 0.6 is 0 Å². The van der Waals surface area contributed by atoms with Crippen LogP contribution in [0.15, 0.2) is 24.3 Å². The first-order valence-corrected chi connectivity index (χ1v) is 7.22. The van der Waals surface area contributed by atoms with Crippen LogP contribution in [-0.2, 0) is 20.7 Å². The molecule has 5 heteroatoms. The van der Waals surface area contributed by atoms with Crippen LogP contribution in [0.2, 0.25) is 0 Å². The molecule has 0 spiro atoms. The van der Waals surface area contributed by atoms with Crippen molar-refractivity contribution in [2.75, 3.05) is 20.3 Å². The summed E-state index contributed by atoms with van der Waals surface area (Å²) >= 11 is 0. The Bertz CT molecular complexity index is 528. The van der Waals surface area contributed by atoms with Crippen LogP contribution in [0.25, 0.3) is 0 Å². The van der Waals surface area contributed by atoms with Gasteiger partial charge < -0.3 is 15.0 Å². The van der Waals surface area contributed by atoms with Gasteiger partial charge in [-0.15, -0.1) is 0 Å². The Morgan fingerprint density at radius 1 is 1.43 bits per heavy atom. The maximum absolute atomic E-state index is 12.5. The lowest BCUT2D eigenvalue weighted by atomic mass is 9.90. The molecule has 1 atom stereocenters. The highest BCUT2D eigenvalue weighted by Gasteiger charge is 2.38. The molecule has 2 rings (SSSR count). The van der Waals surface area contributed by atoms with E-state index in [1.807, 2.05) is 38.1 Å². The molecule has 1 aromatic rings. The number of fused-ring (bicyclic) bond motifs is 1. The van der Waals surface area contributed by atoms with E-state index in [-0.39, 0.29) is 17.9 Å². The van der Waals surface area contributed by atoms with Gasteiger partial charge in [-0.05, 0) is 25.0 Å². The van der Waals surface area contributed by atoms with Crippen LogP contribution in [0.1, 0.15) is 31.0 Å². The molecular weight excluding hydrogens is 268 g/mol. The molecule has 0 bridgehead atoms. The van der Waals surface area contributed by atoms with E-state index in [9.17, 15) is 9.59 Å². The zero-order valence-electron chi connectivity index (χ0n) is 12.8. The molecule has 114 valence electrons. The zero-order chi connectivity index (χ0) is 15.4. The molecule has 0 saturated heterocycles. The maximum Gasteiger partial charge on any atom is 0.247 e. The van der Waals surface area contributed by atoms with Gasteiger partial charge in [-0.25, -0.2) is 0 Å². The number of rotatable bonds is 5. The summed E-state index contributed by atoms with van der Waals surface area (Å²) < 4.78 is 4.95. The summed E-state index contributed by atoms with van der Waals surface area (Å²) in [6, 6.07) is 7.07. The topological polar surface area (TPSA) is 58.6 Å². The second-order valence-electron chi connectivity index (χ2n) is 5.46. The van der Waals surface area contributed by atoms with Gasteiger partial charge in [0.25, 0.3) is 0 Å². The fraction of sp³-hybridized carbons (Fsp3) is 0.500. The van der Waals surface area contributed by atoms with Crippen LogP contribution < -0.4 is 5.32 Å². The van der Waals surface area contributed by atoms with Crippen molar-refractivity contribution in [3.8, 4) is 0 Å². The lowest BCUT2D eigenvalue weighted by Gasteiger charge is -2.38. The summed E-state index contributed by atoms with van der Waals surface area (Å²) in [7, 11) is 1.59. The minimum absolute atomic E-state index is 0.00408. The van der Waals surface area contributed by atoms with E-state index < -0.39 is 6.04 Å². The molecule has 21 heavy (non-hydrogen) atoms. The number of benzene rings is 1. The van der Waals surface area contributed by atoms with Gasteiger partial charge in [0.1, 0.15) is 6.04 Å². The highest BCUT2D eigenvalue weighted by Crippen LogP contribution is 2.32. The van der Waals surface area contributed by atoms with Crippen LogP contribution in [0.3, 0.4) is 0 Å². The third kappa shape index (κ3) is 3.24. The lowest BCUT2D eigenvalue weighted by Crippen LogP contribution is -2.50. The SMILES string of the molecule is COCCNC(=O)C1c2ccccc2CC(=O)N1C(C)C. The molecule has 0 aliphatic carbocycles. The van der Waals surface area contributed by atoms with Crippen LogP contribution in [0.4, 0.5) is 0 Å². The average Bonchev–Trinajstić information content (AvgIpc) is 2.45. The van der Waals surface area contributed by atoms with Crippen molar-refractivity contribution in [3.05, 3.63) is 35.4 Å². The van der Waals surface area contributed by atoms with Crippen LogP contribution in [-0.4, -0.2) is 43.0 Å². The molecular formula is C16H22N2O3. The number of methoxy groups -OCH3 is 1. The Balaban J connectivity index is 2.32. The predicted molar refractivity (Wildman–Crippen MR) is 79.8 cm³/mol. The number of ether oxygens (including phenoxy) is 1. The Kier molecular flexibility index (Phi) is 4.96. The van der Waals surface area contributed by atoms with Gasteiger partial charge in [0.05, 0.1) is 13.0 Å². The Morgan fingerprint density at radius 2 is 2.14 bits per heavy atom. The molecule has 2 amide bonds. The summed E-state index contributed by atoms with van der Waals surface area (Å²) in [5.41, 5.74) is 1.85. The molecule has 1 aliphatic heterocycles. The van der Waals surface area contributed by atoms with Gasteiger partial charge in [-0.2, -0.15) is 0 Å². The number of hydrogen-bond acceptors (Lipinski definition) is 3. The minimum Gasteiger partial charge on any atom is -0.383 e. The molecule has 0 radical (unpaired) electrons. The first kappa shape index (κ1) is 15.5. The highest BCUT2D eigenvalue weighted by atomic mass is 16.5. The van der Waals surface area contributed by atoms with Gasteiger partial charge in [-0.1, -0.05) is 24.3 Å². The molecule has 5 nitrogen and oxygen atoms in total. The number of amides is 2. The molecule has 1 aliphatic rings. The largest absolute Gasteiger partial charge is 0.383 e. The van der Waals surface area contributed by atoms with Crippen molar-refractivity contribution in [2.45, 2.75) is 32.4 Å². The van der Waals surface area contributed by atoms with Crippen molar-refractivity contribution in [1.82, 2.24) is 10.2 Å². The van der Waals surface area contributed by atoms with Crippen LogP contribution in [0, 0.1) is 0 Å². The molecule has 0 fully saturated rings. The monoisotopic (exact) mass is 290 g/mol. The van der Waals surface area contributed by atoms with E-state index in [1.165, 1.54) is 0 Å². The van der Waals surface area contributed by atoms with Crippen molar-refractivity contribution in [3.63, 3.8) is 0 Å². The number of nitrogens with one attached hydrogen (secondary N) is 1. The molecule has 1 unspecified atom stereocenters. The summed E-state index contributed by atoms with van der Waals surface area (Å²) in [5, 5.41) is 2.84. The van der Waals surface area contributed by atoms with Gasteiger partial charge in [-0.3, -0.25) is 9.59 Å². The number of carbonyl (C=O) groups is 2. The summed E-state index contributed by atoms with van der Waals surface area (Å²) in [4.78, 5) is 26.6. The van der Waals surface area contributed by atoms with Crippen molar-refractivity contribution in [1.29, 1.82) is 0 Å². The third-order valence-corrected chi connectivity index (χ3v) is 3.67. The third-order valence-electron chi connectivity index (χ3n) is 3.67. The van der Waals surface area contributed by atoms with E-state index >= 15 is 0 Å². The zero-order valence-corrected chi connectivity index (χ0v) is 12.8. The number of carbonyl (C=O) groups excluding carboxylic acids is 2. The fourth-order valence-electron chi connectivity index (χ4n) is 2.74. The van der Waals surface area contributed by atoms with E-state index in [0.29, 0.717) is 19.6 Å². The molecule has 1 N–H and O–H groups in total. The molecule has 0 aromatic heterocycles. The molecule has 1 aromatic carbocycles. The van der Waals surface area contributed by atoms with E-state index in [1.54, 1.807) is 12.0 Å². The molecule has 1 heterocycles. The Morgan fingerprint density at radius 3 is 2.81 bits per heavy atom. The van der Waals surface area contributed by atoms with Gasteiger partial charge >= 0.3 is 0 Å². The quantitative estimate of drug-likeness (QED) is 0.831. The summed E-state index contributed by atoms with van der Waals surface area (Å²) in [6.45, 7) is 4.76. The number of nitrogens with zero attached hydrogens (tertiary/aromatic N) is 1. The van der Waals surface area contributed by atoms with Crippen molar-refractivity contribution in [2.24, 2.45) is 0 Å². The van der Waals surface area contributed by atoms with Gasteiger partial charge in [0.15, 0.2) is 0 Å². The number of hydrogen-bond donors (Lipinski definition) is 1. The van der Waals surface area contributed by atoms with Gasteiger partial charge in [0.2, 0.25) is 11.8 Å². The first-order chi connectivity index (χ1) is 10.1. The summed E-state index contributed by atoms with van der Waals surface area (Å²) in [6.07, 6.45) is 0.357. The summed E-state index contributed by atoms with van der Waals surface area (Å²) in [5.74, 6) is -0.156. The van der Waals surface area contributed by atoms with Crippen molar-refractivity contribution < 1.29 is 14.3 Å². The second kappa shape index (κ2) is 6.72. The van der Waals surface area contributed by atoms with E-state index in [4.69, 9.17) is 4.74 Å². The smallest absolute Gasteiger partial charge is 0.247 e. The van der Waals surface area contributed by atoms with Gasteiger partial charge in [0, 0.05) is 19.7 Å². The van der Waals surface area contributed by atoms with Crippen molar-refractivity contribution >= 4 is 11.8 Å². The highest BCUT2D eigenvalue weighted by molar-refractivity contribution is 5.92. The first-order valence-electron chi connectivity index (χ1n) is 7.22.